The normalized spacial score (nSPS) is 16.2. The van der Waals surface area contributed by atoms with E-state index in [2.05, 4.69) is 25.9 Å². The van der Waals surface area contributed by atoms with Gasteiger partial charge in [0.1, 0.15) is 0 Å². The number of hydrogen-bond donors (Lipinski definition) is 0. The molecule has 0 saturated carbocycles. The Hall–Kier alpha value is -0.920. The average Bonchev–Trinajstić information content (AvgIpc) is 2.76. The Morgan fingerprint density at radius 3 is 2.16 bits per heavy atom. The minimum absolute atomic E-state index is 0.00943. The SMILES string of the molecule is Cc1cnn(CC(COC(C)C(C)(C)C)N(C(C)(C)C)S(C)(=O)=O)c1. The van der Waals surface area contributed by atoms with Crippen molar-refractivity contribution in [2.75, 3.05) is 12.9 Å². The van der Waals surface area contributed by atoms with Crippen molar-refractivity contribution in [2.45, 2.75) is 79.6 Å². The van der Waals surface area contributed by atoms with Gasteiger partial charge >= 0.3 is 0 Å². The molecule has 0 fully saturated rings. The maximum atomic E-state index is 12.5. The van der Waals surface area contributed by atoms with E-state index in [1.807, 2.05) is 40.8 Å². The van der Waals surface area contributed by atoms with Crippen LogP contribution in [-0.2, 0) is 21.3 Å². The molecule has 0 radical (unpaired) electrons. The highest BCUT2D eigenvalue weighted by Gasteiger charge is 2.37. The molecule has 6 nitrogen and oxygen atoms in total. The zero-order valence-electron chi connectivity index (χ0n) is 17.2. The quantitative estimate of drug-likeness (QED) is 0.737. The molecule has 0 spiro atoms. The van der Waals surface area contributed by atoms with Crippen LogP contribution in [0, 0.1) is 12.3 Å². The number of aryl methyl sites for hydroxylation is 1. The van der Waals surface area contributed by atoms with Crippen molar-refractivity contribution >= 4 is 10.0 Å². The Morgan fingerprint density at radius 2 is 1.80 bits per heavy atom. The smallest absolute Gasteiger partial charge is 0.212 e. The molecule has 2 atom stereocenters. The van der Waals surface area contributed by atoms with Crippen LogP contribution >= 0.6 is 0 Å². The summed E-state index contributed by atoms with van der Waals surface area (Å²) >= 11 is 0. The number of sulfonamides is 1. The lowest BCUT2D eigenvalue weighted by atomic mass is 9.90. The molecular formula is C18H35N3O3S. The molecular weight excluding hydrogens is 338 g/mol. The number of ether oxygens (including phenoxy) is 1. The van der Waals surface area contributed by atoms with Crippen LogP contribution in [0.15, 0.2) is 12.4 Å². The van der Waals surface area contributed by atoms with Gasteiger partial charge in [-0.05, 0) is 45.6 Å². The minimum atomic E-state index is -3.41. The van der Waals surface area contributed by atoms with Crippen molar-refractivity contribution in [3.05, 3.63) is 18.0 Å². The summed E-state index contributed by atoms with van der Waals surface area (Å²) in [6.45, 7) is 16.8. The first-order valence-corrected chi connectivity index (χ1v) is 10.6. The van der Waals surface area contributed by atoms with Crippen LogP contribution in [0.25, 0.3) is 0 Å². The summed E-state index contributed by atoms with van der Waals surface area (Å²) < 4.78 is 34.4. The molecule has 0 bridgehead atoms. The summed E-state index contributed by atoms with van der Waals surface area (Å²) in [6.07, 6.45) is 4.96. The van der Waals surface area contributed by atoms with Crippen molar-refractivity contribution in [2.24, 2.45) is 5.41 Å². The van der Waals surface area contributed by atoms with Crippen LogP contribution in [0.3, 0.4) is 0 Å². The van der Waals surface area contributed by atoms with Crippen molar-refractivity contribution < 1.29 is 13.2 Å². The Bertz CT molecular complexity index is 654. The largest absolute Gasteiger partial charge is 0.376 e. The Morgan fingerprint density at radius 1 is 1.24 bits per heavy atom. The summed E-state index contributed by atoms with van der Waals surface area (Å²) in [4.78, 5) is 0. The van der Waals surface area contributed by atoms with Gasteiger partial charge in [0.15, 0.2) is 0 Å². The van der Waals surface area contributed by atoms with Gasteiger partial charge in [0.25, 0.3) is 0 Å². The zero-order chi connectivity index (χ0) is 19.6. The summed E-state index contributed by atoms with van der Waals surface area (Å²) in [7, 11) is -3.41. The average molecular weight is 374 g/mol. The number of hydrogen-bond acceptors (Lipinski definition) is 4. The molecule has 0 saturated heterocycles. The summed E-state index contributed by atoms with van der Waals surface area (Å²) in [5.41, 5.74) is 0.489. The van der Waals surface area contributed by atoms with Gasteiger partial charge in [-0.3, -0.25) is 4.68 Å². The third-order valence-corrected chi connectivity index (χ3v) is 5.83. The molecule has 1 aromatic rings. The van der Waals surface area contributed by atoms with Crippen molar-refractivity contribution in [1.82, 2.24) is 14.1 Å². The molecule has 7 heteroatoms. The highest BCUT2D eigenvalue weighted by Crippen LogP contribution is 2.25. The van der Waals surface area contributed by atoms with E-state index in [4.69, 9.17) is 4.74 Å². The maximum absolute atomic E-state index is 12.5. The predicted molar refractivity (Wildman–Crippen MR) is 102 cm³/mol. The van der Waals surface area contributed by atoms with Gasteiger partial charge in [-0.25, -0.2) is 8.42 Å². The first kappa shape index (κ1) is 22.1. The second-order valence-corrected chi connectivity index (χ2v) is 10.8. The number of aromatic nitrogens is 2. The van der Waals surface area contributed by atoms with Gasteiger partial charge in [-0.1, -0.05) is 20.8 Å². The fraction of sp³-hybridized carbons (Fsp3) is 0.833. The molecule has 25 heavy (non-hydrogen) atoms. The third-order valence-electron chi connectivity index (χ3n) is 4.27. The molecule has 1 aromatic heterocycles. The van der Waals surface area contributed by atoms with Gasteiger partial charge in [0.2, 0.25) is 10.0 Å². The lowest BCUT2D eigenvalue weighted by molar-refractivity contribution is -0.0341. The van der Waals surface area contributed by atoms with Gasteiger partial charge < -0.3 is 4.74 Å². The lowest BCUT2D eigenvalue weighted by Crippen LogP contribution is -2.54. The molecule has 0 aliphatic carbocycles. The molecule has 146 valence electrons. The third kappa shape index (κ3) is 6.72. The zero-order valence-corrected chi connectivity index (χ0v) is 18.0. The van der Waals surface area contributed by atoms with Gasteiger partial charge in [-0.15, -0.1) is 0 Å². The van der Waals surface area contributed by atoms with E-state index in [0.717, 1.165) is 5.56 Å². The molecule has 2 unspecified atom stereocenters. The molecule has 1 heterocycles. The second-order valence-electron chi connectivity index (χ2n) is 8.96. The van der Waals surface area contributed by atoms with E-state index < -0.39 is 15.6 Å². The topological polar surface area (TPSA) is 64.4 Å². The van der Waals surface area contributed by atoms with E-state index in [1.165, 1.54) is 6.26 Å². The van der Waals surface area contributed by atoms with Gasteiger partial charge in [0, 0.05) is 11.7 Å². The summed E-state index contributed by atoms with van der Waals surface area (Å²) in [5, 5.41) is 4.32. The standard InChI is InChI=1S/C18H35N3O3S/c1-14-10-19-20(11-14)12-16(13-24-15(2)17(3,4)5)21(18(6,7)8)25(9,22)23/h10-11,15-16H,12-13H2,1-9H3. The number of nitrogens with zero attached hydrogens (tertiary/aromatic N) is 3. The van der Waals surface area contributed by atoms with Crippen LogP contribution in [0.4, 0.5) is 0 Å². The molecule has 0 aliphatic heterocycles. The lowest BCUT2D eigenvalue weighted by Gasteiger charge is -2.40. The first-order valence-electron chi connectivity index (χ1n) is 8.72. The van der Waals surface area contributed by atoms with Gasteiger partial charge in [0.05, 0.1) is 37.8 Å². The number of rotatable bonds is 7. The summed E-state index contributed by atoms with van der Waals surface area (Å²) in [5.74, 6) is 0. The van der Waals surface area contributed by atoms with E-state index in [1.54, 1.807) is 15.2 Å². The van der Waals surface area contributed by atoms with Crippen molar-refractivity contribution in [3.63, 3.8) is 0 Å². The molecule has 0 aliphatic rings. The fourth-order valence-electron chi connectivity index (χ4n) is 2.80. The van der Waals surface area contributed by atoms with E-state index in [0.29, 0.717) is 13.2 Å². The summed E-state index contributed by atoms with van der Waals surface area (Å²) in [6, 6.07) is -0.334. The molecule has 0 N–H and O–H groups in total. The molecule has 0 aromatic carbocycles. The van der Waals surface area contributed by atoms with E-state index in [-0.39, 0.29) is 17.6 Å². The highest BCUT2D eigenvalue weighted by atomic mass is 32.2. The molecule has 0 amide bonds. The van der Waals surface area contributed by atoms with Crippen LogP contribution in [0.5, 0.6) is 0 Å². The van der Waals surface area contributed by atoms with Crippen LogP contribution < -0.4 is 0 Å². The Balaban J connectivity index is 3.12. The fourth-order valence-corrected chi connectivity index (χ4v) is 4.46. The Kier molecular flexibility index (Phi) is 6.87. The van der Waals surface area contributed by atoms with Crippen LogP contribution in [-0.4, -0.2) is 53.1 Å². The first-order chi connectivity index (χ1) is 11.1. The van der Waals surface area contributed by atoms with Crippen molar-refractivity contribution in [3.8, 4) is 0 Å². The highest BCUT2D eigenvalue weighted by molar-refractivity contribution is 7.88. The van der Waals surface area contributed by atoms with Gasteiger partial charge in [-0.2, -0.15) is 9.40 Å². The second kappa shape index (κ2) is 7.76. The Labute approximate surface area is 153 Å². The minimum Gasteiger partial charge on any atom is -0.376 e. The van der Waals surface area contributed by atoms with Crippen LogP contribution in [0.2, 0.25) is 0 Å². The maximum Gasteiger partial charge on any atom is 0.212 e. The van der Waals surface area contributed by atoms with Crippen molar-refractivity contribution in [1.29, 1.82) is 0 Å². The van der Waals surface area contributed by atoms with E-state index >= 15 is 0 Å². The van der Waals surface area contributed by atoms with E-state index in [9.17, 15) is 8.42 Å². The van der Waals surface area contributed by atoms with Crippen LogP contribution in [0.1, 0.15) is 54.0 Å². The molecule has 1 rings (SSSR count). The predicted octanol–water partition coefficient (Wildman–Crippen LogP) is 3.07. The monoisotopic (exact) mass is 373 g/mol.